The van der Waals surface area contributed by atoms with Gasteiger partial charge >= 0.3 is 0 Å². The maximum absolute atomic E-state index is 9.31. The van der Waals surface area contributed by atoms with E-state index in [2.05, 4.69) is 32.2 Å². The average Bonchev–Trinajstić information content (AvgIpc) is 3.23. The average molecular weight is 318 g/mol. The summed E-state index contributed by atoms with van der Waals surface area (Å²) in [6, 6.07) is 10.1. The van der Waals surface area contributed by atoms with Crippen LogP contribution in [-0.2, 0) is 20.1 Å². The van der Waals surface area contributed by atoms with E-state index in [0.29, 0.717) is 0 Å². The first-order chi connectivity index (χ1) is 11.7. The largest absolute Gasteiger partial charge is 0.347 e. The summed E-state index contributed by atoms with van der Waals surface area (Å²) in [4.78, 5) is 10.1. The predicted octanol–water partition coefficient (Wildman–Crippen LogP) is 2.16. The van der Waals surface area contributed by atoms with E-state index in [9.17, 15) is 5.26 Å². The van der Waals surface area contributed by atoms with Crippen molar-refractivity contribution >= 4 is 0 Å². The van der Waals surface area contributed by atoms with Gasteiger partial charge in [-0.25, -0.2) is 4.98 Å². The maximum atomic E-state index is 9.31. The Morgan fingerprint density at radius 1 is 1.38 bits per heavy atom. The van der Waals surface area contributed by atoms with Crippen LogP contribution < -0.4 is 0 Å². The Labute approximate surface area is 140 Å². The van der Waals surface area contributed by atoms with Crippen molar-refractivity contribution in [2.24, 2.45) is 7.05 Å². The number of hydrogen-bond donors (Lipinski definition) is 1. The highest BCUT2D eigenvalue weighted by atomic mass is 15.2. The Morgan fingerprint density at radius 2 is 2.25 bits per heavy atom. The summed E-state index contributed by atoms with van der Waals surface area (Å²) in [6.07, 6.45) is 5.73. The first-order valence-electron chi connectivity index (χ1n) is 7.95. The molecule has 0 spiro atoms. The second-order valence-corrected chi connectivity index (χ2v) is 6.20. The number of nitrogens with one attached hydrogen (secondary N) is 1. The molecule has 1 N–H and O–H groups in total. The SMILES string of the molecule is Cn1cc(C2CN(Cc3ccccc3C#N)Cc3[nH]cnc32)cn1. The minimum Gasteiger partial charge on any atom is -0.347 e. The van der Waals surface area contributed by atoms with E-state index in [1.807, 2.05) is 42.2 Å². The second-order valence-electron chi connectivity index (χ2n) is 6.20. The lowest BCUT2D eigenvalue weighted by molar-refractivity contribution is 0.227. The van der Waals surface area contributed by atoms with E-state index in [0.717, 1.165) is 42.1 Å². The first-order valence-corrected chi connectivity index (χ1v) is 7.95. The van der Waals surface area contributed by atoms with Gasteiger partial charge < -0.3 is 4.98 Å². The summed E-state index contributed by atoms with van der Waals surface area (Å²) < 4.78 is 1.82. The smallest absolute Gasteiger partial charge is 0.0995 e. The lowest BCUT2D eigenvalue weighted by Gasteiger charge is -2.31. The number of H-pyrrole nitrogens is 1. The first kappa shape index (κ1) is 14.7. The second kappa shape index (κ2) is 5.95. The third-order valence-electron chi connectivity index (χ3n) is 4.56. The van der Waals surface area contributed by atoms with Crippen molar-refractivity contribution in [3.8, 4) is 6.07 Å². The molecule has 0 amide bonds. The zero-order valence-electron chi connectivity index (χ0n) is 13.5. The number of benzene rings is 1. The van der Waals surface area contributed by atoms with Gasteiger partial charge in [0.1, 0.15) is 0 Å². The normalized spacial score (nSPS) is 17.4. The molecule has 2 aromatic heterocycles. The number of aromatic amines is 1. The standard InChI is InChI=1S/C18H18N6/c1-23-8-15(7-22-23)16-10-24(11-17-18(16)21-12-20-17)9-14-5-3-2-4-13(14)6-19/h2-5,7-8,12,16H,9-11H2,1H3,(H,20,21). The number of imidazole rings is 1. The molecular weight excluding hydrogens is 300 g/mol. The van der Waals surface area contributed by atoms with Crippen LogP contribution in [-0.4, -0.2) is 31.2 Å². The number of aryl methyl sites for hydroxylation is 1. The fourth-order valence-corrected chi connectivity index (χ4v) is 3.40. The lowest BCUT2D eigenvalue weighted by atomic mass is 9.92. The van der Waals surface area contributed by atoms with Crippen molar-refractivity contribution in [3.63, 3.8) is 0 Å². The summed E-state index contributed by atoms with van der Waals surface area (Å²) >= 11 is 0. The molecule has 1 aromatic carbocycles. The third kappa shape index (κ3) is 2.59. The fraction of sp³-hybridized carbons (Fsp3) is 0.278. The lowest BCUT2D eigenvalue weighted by Crippen LogP contribution is -2.34. The van der Waals surface area contributed by atoms with Gasteiger partial charge in [-0.15, -0.1) is 0 Å². The van der Waals surface area contributed by atoms with Crippen LogP contribution in [0.3, 0.4) is 0 Å². The topological polar surface area (TPSA) is 73.5 Å². The van der Waals surface area contributed by atoms with Crippen LogP contribution in [0.15, 0.2) is 43.0 Å². The number of nitrogens with zero attached hydrogens (tertiary/aromatic N) is 5. The minimum atomic E-state index is 0.197. The molecular formula is C18H18N6. The van der Waals surface area contributed by atoms with Gasteiger partial charge in [0.2, 0.25) is 0 Å². The zero-order valence-corrected chi connectivity index (χ0v) is 13.5. The molecule has 3 aromatic rings. The molecule has 1 unspecified atom stereocenters. The molecule has 1 aliphatic rings. The van der Waals surface area contributed by atoms with Gasteiger partial charge in [0.15, 0.2) is 0 Å². The van der Waals surface area contributed by atoms with Gasteiger partial charge in [-0.2, -0.15) is 10.4 Å². The molecule has 0 saturated carbocycles. The van der Waals surface area contributed by atoms with Crippen LogP contribution in [0.2, 0.25) is 0 Å². The van der Waals surface area contributed by atoms with Crippen molar-refractivity contribution in [1.29, 1.82) is 5.26 Å². The van der Waals surface area contributed by atoms with Gasteiger partial charge in [0, 0.05) is 44.4 Å². The van der Waals surface area contributed by atoms with Crippen LogP contribution in [0.5, 0.6) is 0 Å². The van der Waals surface area contributed by atoms with E-state index in [1.165, 1.54) is 5.56 Å². The highest BCUT2D eigenvalue weighted by Gasteiger charge is 2.29. The molecule has 0 radical (unpaired) electrons. The van der Waals surface area contributed by atoms with Crippen LogP contribution >= 0.6 is 0 Å². The summed E-state index contributed by atoms with van der Waals surface area (Å²) in [5, 5.41) is 13.6. The molecule has 0 aliphatic carbocycles. The summed E-state index contributed by atoms with van der Waals surface area (Å²) in [5.74, 6) is 0.197. The quantitative estimate of drug-likeness (QED) is 0.803. The molecule has 0 fully saturated rings. The van der Waals surface area contributed by atoms with Crippen LogP contribution in [0, 0.1) is 11.3 Å². The van der Waals surface area contributed by atoms with Crippen molar-refractivity contribution in [2.75, 3.05) is 6.54 Å². The van der Waals surface area contributed by atoms with Crippen molar-refractivity contribution in [3.05, 3.63) is 71.1 Å². The molecule has 1 atom stereocenters. The Hall–Kier alpha value is -2.91. The van der Waals surface area contributed by atoms with Gasteiger partial charge in [0.25, 0.3) is 0 Å². The molecule has 3 heterocycles. The van der Waals surface area contributed by atoms with Crippen molar-refractivity contribution < 1.29 is 0 Å². The summed E-state index contributed by atoms with van der Waals surface area (Å²) in [5.41, 5.74) is 5.22. The molecule has 0 saturated heterocycles. The maximum Gasteiger partial charge on any atom is 0.0995 e. The van der Waals surface area contributed by atoms with Crippen LogP contribution in [0.25, 0.3) is 0 Å². The zero-order chi connectivity index (χ0) is 16.5. The van der Waals surface area contributed by atoms with Gasteiger partial charge in [-0.05, 0) is 11.6 Å². The summed E-state index contributed by atoms with van der Waals surface area (Å²) in [7, 11) is 1.93. The Kier molecular flexibility index (Phi) is 3.63. The summed E-state index contributed by atoms with van der Waals surface area (Å²) in [6.45, 7) is 2.42. The third-order valence-corrected chi connectivity index (χ3v) is 4.56. The molecule has 120 valence electrons. The van der Waals surface area contributed by atoms with E-state index < -0.39 is 0 Å². The highest BCUT2D eigenvalue weighted by Crippen LogP contribution is 2.32. The van der Waals surface area contributed by atoms with Crippen molar-refractivity contribution in [1.82, 2.24) is 24.6 Å². The number of nitriles is 1. The minimum absolute atomic E-state index is 0.197. The molecule has 6 heteroatoms. The Bertz CT molecular complexity index is 900. The van der Waals surface area contributed by atoms with E-state index in [4.69, 9.17) is 0 Å². The highest BCUT2D eigenvalue weighted by molar-refractivity contribution is 5.38. The van der Waals surface area contributed by atoms with Gasteiger partial charge in [-0.1, -0.05) is 18.2 Å². The van der Waals surface area contributed by atoms with Crippen LogP contribution in [0.1, 0.15) is 34.0 Å². The number of rotatable bonds is 3. The van der Waals surface area contributed by atoms with Crippen LogP contribution in [0.4, 0.5) is 0 Å². The van der Waals surface area contributed by atoms with Gasteiger partial charge in [-0.3, -0.25) is 9.58 Å². The monoisotopic (exact) mass is 318 g/mol. The fourth-order valence-electron chi connectivity index (χ4n) is 3.40. The molecule has 1 aliphatic heterocycles. The molecule has 6 nitrogen and oxygen atoms in total. The van der Waals surface area contributed by atoms with Crippen molar-refractivity contribution in [2.45, 2.75) is 19.0 Å². The predicted molar refractivity (Wildman–Crippen MR) is 88.9 cm³/mol. The number of aromatic nitrogens is 4. The molecule has 4 rings (SSSR count). The van der Waals surface area contributed by atoms with E-state index >= 15 is 0 Å². The Morgan fingerprint density at radius 3 is 3.04 bits per heavy atom. The number of fused-ring (bicyclic) bond motifs is 1. The van der Waals surface area contributed by atoms with E-state index in [-0.39, 0.29) is 5.92 Å². The Balaban J connectivity index is 1.64. The number of hydrogen-bond acceptors (Lipinski definition) is 4. The molecule has 24 heavy (non-hydrogen) atoms. The van der Waals surface area contributed by atoms with E-state index in [1.54, 1.807) is 6.33 Å². The van der Waals surface area contributed by atoms with Gasteiger partial charge in [0.05, 0.1) is 35.5 Å². The molecule has 0 bridgehead atoms.